The molecule has 4 rings (SSSR count). The first-order chi connectivity index (χ1) is 15.8. The van der Waals surface area contributed by atoms with Gasteiger partial charge in [-0.2, -0.15) is 0 Å². The smallest absolute Gasteiger partial charge is 0.359 e. The lowest BCUT2D eigenvalue weighted by Gasteiger charge is -2.16. The molecule has 3 aromatic carbocycles. The summed E-state index contributed by atoms with van der Waals surface area (Å²) in [5, 5.41) is 1.36. The summed E-state index contributed by atoms with van der Waals surface area (Å²) in [5.74, 6) is 0.0686. The van der Waals surface area contributed by atoms with E-state index in [1.54, 1.807) is 19.1 Å². The van der Waals surface area contributed by atoms with Gasteiger partial charge in [-0.3, -0.25) is 4.57 Å². The van der Waals surface area contributed by atoms with Gasteiger partial charge in [0.25, 0.3) is 0 Å². The van der Waals surface area contributed by atoms with Crippen LogP contribution >= 0.6 is 34.8 Å². The second-order valence-corrected chi connectivity index (χ2v) is 8.87. The molecule has 7 heteroatoms. The van der Waals surface area contributed by atoms with Crippen LogP contribution in [0.25, 0.3) is 28.3 Å². The standard InChI is InChI=1S/C26H21Cl3N2O2/c1-4-33-26(32)23-24(17-9-11-20(28)21(29)13-17)31(22-14-19(27)10-8-16(22)3)25(30-23)18-7-5-6-15(2)12-18/h5-14H,4H2,1-3H3. The lowest BCUT2D eigenvalue weighted by atomic mass is 10.1. The summed E-state index contributed by atoms with van der Waals surface area (Å²) < 4.78 is 7.29. The van der Waals surface area contributed by atoms with E-state index in [4.69, 9.17) is 44.5 Å². The molecule has 33 heavy (non-hydrogen) atoms. The van der Waals surface area contributed by atoms with Crippen molar-refractivity contribution in [1.29, 1.82) is 0 Å². The fourth-order valence-electron chi connectivity index (χ4n) is 3.71. The Balaban J connectivity index is 2.14. The SMILES string of the molecule is CCOC(=O)c1nc(-c2cccc(C)c2)n(-c2cc(Cl)ccc2C)c1-c1ccc(Cl)c(Cl)c1. The Labute approximate surface area is 207 Å². The largest absolute Gasteiger partial charge is 0.461 e. The summed E-state index contributed by atoms with van der Waals surface area (Å²) in [5.41, 5.74) is 5.09. The van der Waals surface area contributed by atoms with Gasteiger partial charge in [-0.15, -0.1) is 0 Å². The number of imidazole rings is 1. The van der Waals surface area contributed by atoms with Crippen molar-refractivity contribution < 1.29 is 9.53 Å². The number of aryl methyl sites for hydroxylation is 2. The van der Waals surface area contributed by atoms with Crippen LogP contribution in [0.4, 0.5) is 0 Å². The lowest BCUT2D eigenvalue weighted by molar-refractivity contribution is 0.0521. The van der Waals surface area contributed by atoms with Crippen LogP contribution in [0.1, 0.15) is 28.5 Å². The highest BCUT2D eigenvalue weighted by molar-refractivity contribution is 6.42. The molecule has 0 N–H and O–H groups in total. The third-order valence-electron chi connectivity index (χ3n) is 5.23. The number of halogens is 3. The van der Waals surface area contributed by atoms with Gasteiger partial charge in [-0.1, -0.05) is 70.7 Å². The number of aromatic nitrogens is 2. The summed E-state index contributed by atoms with van der Waals surface area (Å²) in [6.07, 6.45) is 0. The van der Waals surface area contributed by atoms with Gasteiger partial charge >= 0.3 is 5.97 Å². The summed E-state index contributed by atoms with van der Waals surface area (Å²) in [6.45, 7) is 5.97. The first kappa shape index (κ1) is 23.4. The first-order valence-electron chi connectivity index (χ1n) is 10.4. The molecule has 0 spiro atoms. The van der Waals surface area contributed by atoms with E-state index >= 15 is 0 Å². The second kappa shape index (κ2) is 9.60. The summed E-state index contributed by atoms with van der Waals surface area (Å²) in [6, 6.07) is 18.8. The molecule has 168 valence electrons. The molecule has 0 fully saturated rings. The summed E-state index contributed by atoms with van der Waals surface area (Å²) in [4.78, 5) is 17.8. The number of hydrogen-bond donors (Lipinski definition) is 0. The number of ether oxygens (including phenoxy) is 1. The van der Waals surface area contributed by atoms with E-state index in [2.05, 4.69) is 0 Å². The fraction of sp³-hybridized carbons (Fsp3) is 0.154. The molecule has 0 amide bonds. The maximum Gasteiger partial charge on any atom is 0.359 e. The molecule has 0 aliphatic carbocycles. The minimum atomic E-state index is -0.522. The molecule has 1 heterocycles. The lowest BCUT2D eigenvalue weighted by Crippen LogP contribution is -2.08. The van der Waals surface area contributed by atoms with Crippen LogP contribution in [0, 0.1) is 13.8 Å². The van der Waals surface area contributed by atoms with E-state index < -0.39 is 5.97 Å². The Morgan fingerprint density at radius 1 is 0.939 bits per heavy atom. The zero-order chi connectivity index (χ0) is 23.7. The van der Waals surface area contributed by atoms with Gasteiger partial charge < -0.3 is 4.74 Å². The van der Waals surface area contributed by atoms with Gasteiger partial charge in [0.05, 0.1) is 28.0 Å². The van der Waals surface area contributed by atoms with Gasteiger partial charge in [0.1, 0.15) is 5.82 Å². The number of carbonyl (C=O) groups excluding carboxylic acids is 1. The van der Waals surface area contributed by atoms with Gasteiger partial charge in [0, 0.05) is 16.1 Å². The van der Waals surface area contributed by atoms with Crippen molar-refractivity contribution >= 4 is 40.8 Å². The Morgan fingerprint density at radius 3 is 2.42 bits per heavy atom. The van der Waals surface area contributed by atoms with Crippen LogP contribution < -0.4 is 0 Å². The highest BCUT2D eigenvalue weighted by Crippen LogP contribution is 2.38. The molecular weight excluding hydrogens is 479 g/mol. The van der Waals surface area contributed by atoms with Crippen LogP contribution in [0.2, 0.25) is 15.1 Å². The number of benzene rings is 3. The minimum absolute atomic E-state index is 0.186. The topological polar surface area (TPSA) is 44.1 Å². The van der Waals surface area contributed by atoms with Crippen molar-refractivity contribution in [2.24, 2.45) is 0 Å². The van der Waals surface area contributed by atoms with Crippen molar-refractivity contribution in [1.82, 2.24) is 9.55 Å². The Hall–Kier alpha value is -2.79. The van der Waals surface area contributed by atoms with Crippen LogP contribution in [0.5, 0.6) is 0 Å². The van der Waals surface area contributed by atoms with Crippen molar-refractivity contribution in [3.05, 3.63) is 92.6 Å². The van der Waals surface area contributed by atoms with Crippen molar-refractivity contribution in [2.45, 2.75) is 20.8 Å². The quantitative estimate of drug-likeness (QED) is 0.262. The molecule has 0 unspecified atom stereocenters. The highest BCUT2D eigenvalue weighted by atomic mass is 35.5. The van der Waals surface area contributed by atoms with Crippen LogP contribution in [0.3, 0.4) is 0 Å². The van der Waals surface area contributed by atoms with Gasteiger partial charge in [-0.25, -0.2) is 9.78 Å². The zero-order valence-corrected chi connectivity index (χ0v) is 20.6. The molecule has 0 saturated carbocycles. The van der Waals surface area contributed by atoms with Gasteiger partial charge in [-0.05, 0) is 56.7 Å². The zero-order valence-electron chi connectivity index (χ0n) is 18.3. The number of hydrogen-bond acceptors (Lipinski definition) is 3. The molecule has 0 aliphatic heterocycles. The third kappa shape index (κ3) is 4.65. The molecule has 0 radical (unpaired) electrons. The van der Waals surface area contributed by atoms with E-state index in [0.717, 1.165) is 22.4 Å². The van der Waals surface area contributed by atoms with E-state index in [1.807, 2.05) is 66.9 Å². The van der Waals surface area contributed by atoms with Crippen molar-refractivity contribution in [2.75, 3.05) is 6.61 Å². The third-order valence-corrected chi connectivity index (χ3v) is 6.20. The van der Waals surface area contributed by atoms with Crippen LogP contribution in [0.15, 0.2) is 60.7 Å². The molecule has 4 aromatic rings. The van der Waals surface area contributed by atoms with Crippen molar-refractivity contribution in [3.63, 3.8) is 0 Å². The van der Waals surface area contributed by atoms with Gasteiger partial charge in [0.2, 0.25) is 0 Å². The molecule has 0 saturated heterocycles. The van der Waals surface area contributed by atoms with E-state index in [9.17, 15) is 4.79 Å². The summed E-state index contributed by atoms with van der Waals surface area (Å²) >= 11 is 18.9. The predicted octanol–water partition coefficient (Wildman–Crippen LogP) is 7.96. The fourth-order valence-corrected chi connectivity index (χ4v) is 4.17. The number of esters is 1. The van der Waals surface area contributed by atoms with Crippen LogP contribution in [-0.4, -0.2) is 22.1 Å². The maximum atomic E-state index is 13.1. The van der Waals surface area contributed by atoms with Gasteiger partial charge in [0.15, 0.2) is 5.69 Å². The maximum absolute atomic E-state index is 13.1. The molecule has 1 aromatic heterocycles. The average Bonchev–Trinajstić information content (AvgIpc) is 3.18. The van der Waals surface area contributed by atoms with E-state index in [1.165, 1.54) is 0 Å². The van der Waals surface area contributed by atoms with E-state index in [0.29, 0.717) is 32.1 Å². The number of rotatable bonds is 5. The molecule has 0 aliphatic rings. The molecule has 4 nitrogen and oxygen atoms in total. The number of carbonyl (C=O) groups is 1. The number of nitrogens with zero attached hydrogens (tertiary/aromatic N) is 2. The molecule has 0 bridgehead atoms. The minimum Gasteiger partial charge on any atom is -0.461 e. The predicted molar refractivity (Wildman–Crippen MR) is 135 cm³/mol. The first-order valence-corrected chi connectivity index (χ1v) is 11.5. The Morgan fingerprint density at radius 2 is 1.73 bits per heavy atom. The highest BCUT2D eigenvalue weighted by Gasteiger charge is 2.27. The monoisotopic (exact) mass is 498 g/mol. The Kier molecular flexibility index (Phi) is 6.80. The Bertz CT molecular complexity index is 1360. The van der Waals surface area contributed by atoms with Crippen molar-refractivity contribution in [3.8, 4) is 28.3 Å². The second-order valence-electron chi connectivity index (χ2n) is 7.62. The summed E-state index contributed by atoms with van der Waals surface area (Å²) in [7, 11) is 0. The average molecular weight is 500 g/mol. The van der Waals surface area contributed by atoms with E-state index in [-0.39, 0.29) is 12.3 Å². The normalized spacial score (nSPS) is 11.0. The molecule has 0 atom stereocenters. The molecular formula is C26H21Cl3N2O2. The van der Waals surface area contributed by atoms with Crippen LogP contribution in [-0.2, 0) is 4.74 Å².